The molecule has 0 bridgehead atoms. The molecule has 0 radical (unpaired) electrons. The van der Waals surface area contributed by atoms with Crippen molar-refractivity contribution in [2.75, 3.05) is 0 Å². The van der Waals surface area contributed by atoms with E-state index in [0.29, 0.717) is 5.56 Å². The van der Waals surface area contributed by atoms with Gasteiger partial charge in [0.1, 0.15) is 5.75 Å². The number of carbonyl (C=O) groups is 1. The summed E-state index contributed by atoms with van der Waals surface area (Å²) in [5, 5.41) is 9.42. The zero-order valence-electron chi connectivity index (χ0n) is 8.26. The van der Waals surface area contributed by atoms with Crippen LogP contribution in [0.15, 0.2) is 30.3 Å². The lowest BCUT2D eigenvalue weighted by Crippen LogP contribution is -2.25. The van der Waals surface area contributed by atoms with E-state index < -0.39 is 11.9 Å². The molecule has 5 N–H and O–H groups in total. The summed E-state index contributed by atoms with van der Waals surface area (Å²) in [6.45, 7) is 0. The molecule has 0 heterocycles. The Balaban J connectivity index is 2.65. The highest BCUT2D eigenvalue weighted by molar-refractivity contribution is 5.75. The zero-order valence-corrected chi connectivity index (χ0v) is 8.26. The van der Waals surface area contributed by atoms with E-state index in [2.05, 4.69) is 0 Å². The zero-order chi connectivity index (χ0) is 11.3. The maximum absolute atomic E-state index is 10.5. The van der Waals surface area contributed by atoms with Gasteiger partial charge in [-0.1, -0.05) is 30.4 Å². The third kappa shape index (κ3) is 3.83. The number of rotatable bonds is 4. The van der Waals surface area contributed by atoms with Crippen molar-refractivity contribution >= 4 is 12.0 Å². The van der Waals surface area contributed by atoms with Gasteiger partial charge in [-0.2, -0.15) is 0 Å². The summed E-state index contributed by atoms with van der Waals surface area (Å²) in [6, 6.07) is 6.46. The van der Waals surface area contributed by atoms with Crippen LogP contribution in [0, 0.1) is 0 Å². The van der Waals surface area contributed by atoms with E-state index in [9.17, 15) is 9.90 Å². The van der Waals surface area contributed by atoms with Crippen molar-refractivity contribution in [1.29, 1.82) is 0 Å². The number of phenolic OH excluding ortho intramolecular Hbond substituents is 1. The summed E-state index contributed by atoms with van der Waals surface area (Å²) in [4.78, 5) is 10.5. The fourth-order valence-electron chi connectivity index (χ4n) is 1.16. The van der Waals surface area contributed by atoms with Crippen molar-refractivity contribution in [1.82, 2.24) is 0 Å². The number of nitrogens with two attached hydrogens (primary N) is 2. The smallest absolute Gasteiger partial charge is 0.219 e. The first-order valence-electron chi connectivity index (χ1n) is 4.59. The molecule has 0 aliphatic heterocycles. The van der Waals surface area contributed by atoms with Crippen molar-refractivity contribution in [2.45, 2.75) is 12.5 Å². The molecule has 1 aromatic rings. The molecule has 4 heteroatoms. The normalized spacial score (nSPS) is 12.9. The third-order valence-corrected chi connectivity index (χ3v) is 1.90. The van der Waals surface area contributed by atoms with E-state index in [0.717, 1.165) is 0 Å². The van der Waals surface area contributed by atoms with Crippen LogP contribution in [0.5, 0.6) is 5.75 Å². The van der Waals surface area contributed by atoms with Gasteiger partial charge in [0.05, 0.1) is 0 Å². The van der Waals surface area contributed by atoms with Crippen molar-refractivity contribution < 1.29 is 9.90 Å². The highest BCUT2D eigenvalue weighted by atomic mass is 16.3. The van der Waals surface area contributed by atoms with Crippen molar-refractivity contribution in [3.05, 3.63) is 35.9 Å². The number of primary amides is 1. The molecule has 0 aliphatic rings. The first-order valence-corrected chi connectivity index (χ1v) is 4.59. The van der Waals surface area contributed by atoms with Gasteiger partial charge in [-0.05, 0) is 6.07 Å². The lowest BCUT2D eigenvalue weighted by molar-refractivity contribution is -0.118. The lowest BCUT2D eigenvalue weighted by Gasteiger charge is -2.02. The number of carbonyl (C=O) groups excluding carboxylic acids is 1. The quantitative estimate of drug-likeness (QED) is 0.674. The Morgan fingerprint density at radius 3 is 2.73 bits per heavy atom. The van der Waals surface area contributed by atoms with E-state index in [4.69, 9.17) is 11.5 Å². The van der Waals surface area contributed by atoms with Gasteiger partial charge in [0.15, 0.2) is 0 Å². The number of hydrogen-bond donors (Lipinski definition) is 3. The van der Waals surface area contributed by atoms with Crippen LogP contribution in [-0.2, 0) is 4.79 Å². The third-order valence-electron chi connectivity index (χ3n) is 1.90. The molecule has 1 aromatic carbocycles. The molecular formula is C11H14N2O2. The molecule has 1 atom stereocenters. The van der Waals surface area contributed by atoms with Gasteiger partial charge in [0, 0.05) is 18.0 Å². The molecule has 1 unspecified atom stereocenters. The van der Waals surface area contributed by atoms with Crippen LogP contribution in [0.2, 0.25) is 0 Å². The molecule has 0 saturated heterocycles. The van der Waals surface area contributed by atoms with Gasteiger partial charge >= 0.3 is 0 Å². The van der Waals surface area contributed by atoms with Crippen molar-refractivity contribution in [3.8, 4) is 5.75 Å². The second-order valence-corrected chi connectivity index (χ2v) is 3.25. The number of para-hydroxylation sites is 1. The minimum atomic E-state index is -0.440. The molecular weight excluding hydrogens is 192 g/mol. The highest BCUT2D eigenvalue weighted by Gasteiger charge is 2.02. The summed E-state index contributed by atoms with van der Waals surface area (Å²) < 4.78 is 0. The largest absolute Gasteiger partial charge is 0.507 e. The first kappa shape index (κ1) is 11.3. The van der Waals surface area contributed by atoms with Gasteiger partial charge in [-0.15, -0.1) is 0 Å². The van der Waals surface area contributed by atoms with E-state index in [1.54, 1.807) is 36.4 Å². The average molecular weight is 206 g/mol. The number of phenols is 1. The summed E-state index contributed by atoms with van der Waals surface area (Å²) in [5.74, 6) is -0.260. The monoisotopic (exact) mass is 206 g/mol. The SMILES string of the molecule is NC(=O)CC(N)/C=C/c1ccccc1O. The van der Waals surface area contributed by atoms with Crippen LogP contribution in [0.25, 0.3) is 6.08 Å². The Kier molecular flexibility index (Phi) is 3.88. The molecule has 0 saturated carbocycles. The standard InChI is InChI=1S/C11H14N2O2/c12-9(7-11(13)15)6-5-8-3-1-2-4-10(8)14/h1-6,9,14H,7,12H2,(H2,13,15)/b6-5+. The van der Waals surface area contributed by atoms with E-state index in [1.165, 1.54) is 0 Å². The summed E-state index contributed by atoms with van der Waals surface area (Å²) in [7, 11) is 0. The van der Waals surface area contributed by atoms with Gasteiger partial charge < -0.3 is 16.6 Å². The molecule has 0 aromatic heterocycles. The second kappa shape index (κ2) is 5.17. The predicted molar refractivity (Wildman–Crippen MR) is 58.9 cm³/mol. The maximum atomic E-state index is 10.5. The van der Waals surface area contributed by atoms with Gasteiger partial charge in [0.2, 0.25) is 5.91 Å². The molecule has 80 valence electrons. The topological polar surface area (TPSA) is 89.3 Å². The summed E-state index contributed by atoms with van der Waals surface area (Å²) in [5.41, 5.74) is 11.3. The Labute approximate surface area is 88.2 Å². The predicted octanol–water partition coefficient (Wildman–Crippen LogP) is 0.608. The number of hydrogen-bond acceptors (Lipinski definition) is 3. The summed E-state index contributed by atoms with van der Waals surface area (Å²) in [6.07, 6.45) is 3.41. The van der Waals surface area contributed by atoms with Gasteiger partial charge in [-0.25, -0.2) is 0 Å². The Hall–Kier alpha value is -1.81. The molecule has 4 nitrogen and oxygen atoms in total. The maximum Gasteiger partial charge on any atom is 0.219 e. The molecule has 15 heavy (non-hydrogen) atoms. The van der Waals surface area contributed by atoms with E-state index in [1.807, 2.05) is 0 Å². The van der Waals surface area contributed by atoms with Crippen LogP contribution in [0.1, 0.15) is 12.0 Å². The molecule has 1 rings (SSSR count). The van der Waals surface area contributed by atoms with Crippen molar-refractivity contribution in [2.24, 2.45) is 11.5 Å². The minimum Gasteiger partial charge on any atom is -0.507 e. The minimum absolute atomic E-state index is 0.101. The second-order valence-electron chi connectivity index (χ2n) is 3.25. The molecule has 0 fully saturated rings. The molecule has 0 aliphatic carbocycles. The number of benzene rings is 1. The molecule has 1 amide bonds. The van der Waals surface area contributed by atoms with E-state index >= 15 is 0 Å². The van der Waals surface area contributed by atoms with Crippen LogP contribution < -0.4 is 11.5 Å². The van der Waals surface area contributed by atoms with Crippen LogP contribution in [-0.4, -0.2) is 17.1 Å². The number of amides is 1. The van der Waals surface area contributed by atoms with E-state index in [-0.39, 0.29) is 12.2 Å². The van der Waals surface area contributed by atoms with Gasteiger partial charge in [0.25, 0.3) is 0 Å². The Morgan fingerprint density at radius 1 is 1.47 bits per heavy atom. The van der Waals surface area contributed by atoms with Crippen LogP contribution in [0.4, 0.5) is 0 Å². The van der Waals surface area contributed by atoms with Crippen molar-refractivity contribution in [3.63, 3.8) is 0 Å². The fourth-order valence-corrected chi connectivity index (χ4v) is 1.16. The summed E-state index contributed by atoms with van der Waals surface area (Å²) >= 11 is 0. The highest BCUT2D eigenvalue weighted by Crippen LogP contribution is 2.17. The average Bonchev–Trinajstić information content (AvgIpc) is 2.15. The number of aromatic hydroxyl groups is 1. The van der Waals surface area contributed by atoms with Crippen LogP contribution in [0.3, 0.4) is 0 Å². The first-order chi connectivity index (χ1) is 7.09. The Bertz CT molecular complexity index is 375. The lowest BCUT2D eigenvalue weighted by atomic mass is 10.1. The van der Waals surface area contributed by atoms with Crippen LogP contribution >= 0.6 is 0 Å². The van der Waals surface area contributed by atoms with Gasteiger partial charge in [-0.3, -0.25) is 4.79 Å². The molecule has 0 spiro atoms. The fraction of sp³-hybridized carbons (Fsp3) is 0.182. The Morgan fingerprint density at radius 2 is 2.13 bits per heavy atom.